The van der Waals surface area contributed by atoms with Gasteiger partial charge >= 0.3 is 0 Å². The molecule has 3 nitrogen and oxygen atoms in total. The van der Waals surface area contributed by atoms with Crippen molar-refractivity contribution in [3.63, 3.8) is 0 Å². The van der Waals surface area contributed by atoms with E-state index in [0.29, 0.717) is 23.3 Å². The summed E-state index contributed by atoms with van der Waals surface area (Å²) in [5.74, 6) is 0.585. The van der Waals surface area contributed by atoms with E-state index in [1.165, 1.54) is 17.7 Å². The summed E-state index contributed by atoms with van der Waals surface area (Å²) in [6, 6.07) is 7.87. The Kier molecular flexibility index (Phi) is 6.86. The molecule has 1 amide bonds. The van der Waals surface area contributed by atoms with Crippen LogP contribution in [0.15, 0.2) is 29.2 Å². The lowest BCUT2D eigenvalue weighted by Crippen LogP contribution is -2.38. The fourth-order valence-corrected chi connectivity index (χ4v) is 2.80. The van der Waals surface area contributed by atoms with Gasteiger partial charge in [-0.15, -0.1) is 24.2 Å². The third kappa shape index (κ3) is 5.35. The molecule has 5 heteroatoms. The van der Waals surface area contributed by atoms with Gasteiger partial charge in [-0.3, -0.25) is 4.79 Å². The number of hydrogen-bond acceptors (Lipinski definition) is 3. The number of carbonyl (C=O) groups is 1. The predicted octanol–water partition coefficient (Wildman–Crippen LogP) is 3.08. The van der Waals surface area contributed by atoms with Crippen molar-refractivity contribution in [3.8, 4) is 0 Å². The fraction of sp³-hybridized carbons (Fsp3) is 0.533. The Balaban J connectivity index is 0.00000200. The quantitative estimate of drug-likeness (QED) is 0.793. The Labute approximate surface area is 131 Å². The Hall–Kier alpha value is -0.710. The molecular weight excluding hydrogens is 292 g/mol. The first kappa shape index (κ1) is 17.3. The van der Waals surface area contributed by atoms with Crippen LogP contribution in [0.4, 0.5) is 0 Å². The van der Waals surface area contributed by atoms with E-state index < -0.39 is 0 Å². The van der Waals surface area contributed by atoms with Crippen molar-refractivity contribution >= 4 is 30.1 Å². The number of benzene rings is 1. The second-order valence-electron chi connectivity index (χ2n) is 5.40. The van der Waals surface area contributed by atoms with Crippen molar-refractivity contribution < 1.29 is 4.79 Å². The van der Waals surface area contributed by atoms with Crippen molar-refractivity contribution in [1.29, 1.82) is 0 Å². The van der Waals surface area contributed by atoms with Gasteiger partial charge in [0.1, 0.15) is 0 Å². The first-order valence-electron chi connectivity index (χ1n) is 6.86. The van der Waals surface area contributed by atoms with E-state index in [-0.39, 0.29) is 24.4 Å². The van der Waals surface area contributed by atoms with Crippen LogP contribution in [0.3, 0.4) is 0 Å². The highest BCUT2D eigenvalue weighted by Crippen LogP contribution is 2.31. The number of nitrogens with two attached hydrogens (primary N) is 1. The molecule has 1 aliphatic carbocycles. The van der Waals surface area contributed by atoms with Crippen LogP contribution in [0, 0.1) is 5.92 Å². The SMILES string of the molecule is CC(C)Sc1ccc(C(=O)NCC(N)C2CC2)cc1.Cl. The van der Waals surface area contributed by atoms with Crippen molar-refractivity contribution in [2.75, 3.05) is 6.54 Å². The number of halogens is 1. The monoisotopic (exact) mass is 314 g/mol. The van der Waals surface area contributed by atoms with Gasteiger partial charge in [-0.05, 0) is 43.0 Å². The third-order valence-electron chi connectivity index (χ3n) is 3.21. The van der Waals surface area contributed by atoms with E-state index in [1.807, 2.05) is 24.3 Å². The highest BCUT2D eigenvalue weighted by atomic mass is 35.5. The van der Waals surface area contributed by atoms with Crippen LogP contribution in [0.2, 0.25) is 0 Å². The van der Waals surface area contributed by atoms with Gasteiger partial charge in [-0.2, -0.15) is 0 Å². The summed E-state index contributed by atoms with van der Waals surface area (Å²) < 4.78 is 0. The first-order chi connectivity index (χ1) is 9.06. The minimum absolute atomic E-state index is 0. The first-order valence-corrected chi connectivity index (χ1v) is 7.74. The Morgan fingerprint density at radius 2 is 1.95 bits per heavy atom. The molecule has 1 unspecified atom stereocenters. The van der Waals surface area contributed by atoms with Crippen LogP contribution in [-0.4, -0.2) is 23.7 Å². The normalized spacial score (nSPS) is 15.6. The molecule has 2 rings (SSSR count). The molecule has 1 aromatic rings. The second kappa shape index (κ2) is 7.91. The van der Waals surface area contributed by atoms with Crippen LogP contribution in [0.5, 0.6) is 0 Å². The molecule has 0 aromatic heterocycles. The predicted molar refractivity (Wildman–Crippen MR) is 87.7 cm³/mol. The molecular formula is C15H23ClN2OS. The third-order valence-corrected chi connectivity index (χ3v) is 4.23. The topological polar surface area (TPSA) is 55.1 Å². The van der Waals surface area contributed by atoms with Gasteiger partial charge in [0.2, 0.25) is 0 Å². The zero-order valence-corrected chi connectivity index (χ0v) is 13.6. The summed E-state index contributed by atoms with van der Waals surface area (Å²) in [5.41, 5.74) is 6.67. The van der Waals surface area contributed by atoms with E-state index in [2.05, 4.69) is 19.2 Å². The van der Waals surface area contributed by atoms with Gasteiger partial charge in [0.05, 0.1) is 0 Å². The molecule has 20 heavy (non-hydrogen) atoms. The van der Waals surface area contributed by atoms with Crippen molar-refractivity contribution in [2.45, 2.75) is 42.9 Å². The number of rotatable bonds is 6. The largest absolute Gasteiger partial charge is 0.350 e. The maximum Gasteiger partial charge on any atom is 0.251 e. The van der Waals surface area contributed by atoms with E-state index in [1.54, 1.807) is 11.8 Å². The van der Waals surface area contributed by atoms with Gasteiger partial charge in [0.25, 0.3) is 5.91 Å². The van der Waals surface area contributed by atoms with Crippen LogP contribution in [0.25, 0.3) is 0 Å². The Morgan fingerprint density at radius 3 is 2.45 bits per heavy atom. The molecule has 112 valence electrons. The molecule has 1 aromatic carbocycles. The van der Waals surface area contributed by atoms with E-state index in [4.69, 9.17) is 5.73 Å². The van der Waals surface area contributed by atoms with Crippen LogP contribution in [-0.2, 0) is 0 Å². The van der Waals surface area contributed by atoms with Gasteiger partial charge in [0, 0.05) is 28.3 Å². The van der Waals surface area contributed by atoms with Crippen LogP contribution in [0.1, 0.15) is 37.0 Å². The highest BCUT2D eigenvalue weighted by molar-refractivity contribution is 7.99. The Morgan fingerprint density at radius 1 is 1.35 bits per heavy atom. The molecule has 1 fully saturated rings. The lowest BCUT2D eigenvalue weighted by molar-refractivity contribution is 0.0950. The molecule has 3 N–H and O–H groups in total. The number of nitrogens with one attached hydrogen (secondary N) is 1. The fourth-order valence-electron chi connectivity index (χ4n) is 1.96. The minimum atomic E-state index is -0.0304. The zero-order chi connectivity index (χ0) is 13.8. The van der Waals surface area contributed by atoms with E-state index in [0.717, 1.165) is 0 Å². The number of thioether (sulfide) groups is 1. The minimum Gasteiger partial charge on any atom is -0.350 e. The molecule has 0 aliphatic heterocycles. The summed E-state index contributed by atoms with van der Waals surface area (Å²) in [4.78, 5) is 13.1. The number of carbonyl (C=O) groups excluding carboxylic acids is 1. The molecule has 1 saturated carbocycles. The zero-order valence-electron chi connectivity index (χ0n) is 12.0. The summed E-state index contributed by atoms with van der Waals surface area (Å²) in [7, 11) is 0. The standard InChI is InChI=1S/C15H22N2OS.ClH/c1-10(2)19-13-7-5-12(6-8-13)15(18)17-9-14(16)11-3-4-11;/h5-8,10-11,14H,3-4,9,16H2,1-2H3,(H,17,18);1H. The number of hydrogen-bond donors (Lipinski definition) is 2. The number of amides is 1. The summed E-state index contributed by atoms with van der Waals surface area (Å²) >= 11 is 1.80. The summed E-state index contributed by atoms with van der Waals surface area (Å²) in [5, 5.41) is 3.46. The molecule has 1 aliphatic rings. The van der Waals surface area contributed by atoms with Crippen LogP contribution >= 0.6 is 24.2 Å². The average Bonchev–Trinajstić information content (AvgIpc) is 3.20. The van der Waals surface area contributed by atoms with Crippen LogP contribution < -0.4 is 11.1 Å². The average molecular weight is 315 g/mol. The molecule has 1 atom stereocenters. The Bertz CT molecular complexity index is 432. The summed E-state index contributed by atoms with van der Waals surface area (Å²) in [6.07, 6.45) is 2.41. The molecule has 0 bridgehead atoms. The lowest BCUT2D eigenvalue weighted by atomic mass is 10.2. The smallest absolute Gasteiger partial charge is 0.251 e. The second-order valence-corrected chi connectivity index (χ2v) is 7.05. The molecule has 0 spiro atoms. The van der Waals surface area contributed by atoms with Gasteiger partial charge in [-0.25, -0.2) is 0 Å². The van der Waals surface area contributed by atoms with Gasteiger partial charge in [0.15, 0.2) is 0 Å². The maximum atomic E-state index is 12.0. The highest BCUT2D eigenvalue weighted by Gasteiger charge is 2.28. The maximum absolute atomic E-state index is 12.0. The molecule has 0 radical (unpaired) electrons. The van der Waals surface area contributed by atoms with Crippen molar-refractivity contribution in [1.82, 2.24) is 5.32 Å². The molecule has 0 heterocycles. The van der Waals surface area contributed by atoms with E-state index in [9.17, 15) is 4.79 Å². The molecule has 0 saturated heterocycles. The lowest BCUT2D eigenvalue weighted by Gasteiger charge is -2.12. The summed E-state index contributed by atoms with van der Waals surface area (Å²) in [6.45, 7) is 4.89. The van der Waals surface area contributed by atoms with Crippen molar-refractivity contribution in [2.24, 2.45) is 11.7 Å². The van der Waals surface area contributed by atoms with Gasteiger partial charge < -0.3 is 11.1 Å². The van der Waals surface area contributed by atoms with Crippen molar-refractivity contribution in [3.05, 3.63) is 29.8 Å². The van der Waals surface area contributed by atoms with Gasteiger partial charge in [-0.1, -0.05) is 13.8 Å². The van der Waals surface area contributed by atoms with E-state index >= 15 is 0 Å².